The van der Waals surface area contributed by atoms with Crippen molar-refractivity contribution in [3.63, 3.8) is 0 Å². The maximum absolute atomic E-state index is 12.6. The van der Waals surface area contributed by atoms with Crippen LogP contribution >= 0.6 is 0 Å². The van der Waals surface area contributed by atoms with Crippen molar-refractivity contribution in [2.75, 3.05) is 13.1 Å². The van der Waals surface area contributed by atoms with Crippen LogP contribution in [-0.4, -0.2) is 34.9 Å². The highest BCUT2D eigenvalue weighted by atomic mass is 16.4. The van der Waals surface area contributed by atoms with Crippen LogP contribution in [0.3, 0.4) is 0 Å². The molecule has 0 aromatic heterocycles. The number of hydrogen-bond acceptors (Lipinski definition) is 3. The van der Waals surface area contributed by atoms with Gasteiger partial charge >= 0.3 is 0 Å². The van der Waals surface area contributed by atoms with Gasteiger partial charge in [-0.3, -0.25) is 4.79 Å². The Morgan fingerprint density at radius 2 is 1.80 bits per heavy atom. The van der Waals surface area contributed by atoms with Crippen LogP contribution in [0.25, 0.3) is 0 Å². The van der Waals surface area contributed by atoms with Gasteiger partial charge in [0.1, 0.15) is 5.92 Å². The second-order valence-electron chi connectivity index (χ2n) is 7.21. The second-order valence-corrected chi connectivity index (χ2v) is 7.21. The van der Waals surface area contributed by atoms with Gasteiger partial charge in [0.2, 0.25) is 5.91 Å². The van der Waals surface area contributed by atoms with E-state index >= 15 is 0 Å². The number of hydrogen-bond donors (Lipinski definition) is 2. The van der Waals surface area contributed by atoms with E-state index in [0.29, 0.717) is 5.92 Å². The number of oxime groups is 1. The lowest BCUT2D eigenvalue weighted by molar-refractivity contribution is -0.136. The molecule has 1 amide bonds. The summed E-state index contributed by atoms with van der Waals surface area (Å²) in [4.78, 5) is 14.4. The molecule has 5 heteroatoms. The molecule has 0 aromatic rings. The van der Waals surface area contributed by atoms with Crippen LogP contribution in [0.2, 0.25) is 0 Å². The number of carbonyl (C=O) groups excluding carboxylic acids is 1. The van der Waals surface area contributed by atoms with Crippen molar-refractivity contribution in [2.24, 2.45) is 34.1 Å². The standard InChI is InChI=1S/C15H29N3O2/c1-10(2)12(13(16)17-20)14(19)18-8-6-11(7-9-18)15(3,4)5/h10-12,20H,6-9H2,1-5H3,(H2,16,17). The molecule has 0 aliphatic carbocycles. The Bertz CT molecular complexity index is 364. The quantitative estimate of drug-likeness (QED) is 0.361. The summed E-state index contributed by atoms with van der Waals surface area (Å²) in [7, 11) is 0. The number of nitrogens with two attached hydrogens (primary N) is 1. The third-order valence-electron chi connectivity index (χ3n) is 4.40. The van der Waals surface area contributed by atoms with Crippen LogP contribution in [-0.2, 0) is 4.79 Å². The van der Waals surface area contributed by atoms with Crippen LogP contribution in [0.5, 0.6) is 0 Å². The first-order valence-electron chi connectivity index (χ1n) is 7.44. The van der Waals surface area contributed by atoms with E-state index in [1.807, 2.05) is 18.7 Å². The Labute approximate surface area is 122 Å². The van der Waals surface area contributed by atoms with E-state index in [-0.39, 0.29) is 23.1 Å². The summed E-state index contributed by atoms with van der Waals surface area (Å²) < 4.78 is 0. The van der Waals surface area contributed by atoms with Crippen molar-refractivity contribution in [2.45, 2.75) is 47.5 Å². The van der Waals surface area contributed by atoms with Crippen molar-refractivity contribution < 1.29 is 10.0 Å². The molecule has 1 saturated heterocycles. The third kappa shape index (κ3) is 3.87. The lowest BCUT2D eigenvalue weighted by atomic mass is 9.75. The molecule has 1 aliphatic rings. The first-order chi connectivity index (χ1) is 9.18. The summed E-state index contributed by atoms with van der Waals surface area (Å²) in [6, 6.07) is 0. The predicted molar refractivity (Wildman–Crippen MR) is 80.5 cm³/mol. The van der Waals surface area contributed by atoms with Gasteiger partial charge < -0.3 is 15.8 Å². The summed E-state index contributed by atoms with van der Waals surface area (Å²) in [5.74, 6) is 0.156. The first-order valence-corrected chi connectivity index (χ1v) is 7.44. The molecule has 0 radical (unpaired) electrons. The molecule has 20 heavy (non-hydrogen) atoms. The Hall–Kier alpha value is -1.26. The molecule has 1 heterocycles. The Morgan fingerprint density at radius 1 is 1.30 bits per heavy atom. The first kappa shape index (κ1) is 16.8. The number of likely N-dealkylation sites (tertiary alicyclic amines) is 1. The molecular formula is C15H29N3O2. The van der Waals surface area contributed by atoms with E-state index in [1.54, 1.807) is 0 Å². The molecule has 0 spiro atoms. The van der Waals surface area contributed by atoms with E-state index in [1.165, 1.54) is 0 Å². The number of piperidine rings is 1. The van der Waals surface area contributed by atoms with Crippen molar-refractivity contribution in [3.05, 3.63) is 0 Å². The maximum atomic E-state index is 12.6. The van der Waals surface area contributed by atoms with E-state index in [9.17, 15) is 4.79 Å². The van der Waals surface area contributed by atoms with Crippen LogP contribution in [0, 0.1) is 23.2 Å². The molecule has 3 N–H and O–H groups in total. The highest BCUT2D eigenvalue weighted by Gasteiger charge is 2.35. The summed E-state index contributed by atoms with van der Waals surface area (Å²) in [6.07, 6.45) is 2.05. The Morgan fingerprint density at radius 3 is 2.15 bits per heavy atom. The second kappa shape index (κ2) is 6.46. The normalized spacial score (nSPS) is 20.3. The van der Waals surface area contributed by atoms with E-state index in [4.69, 9.17) is 10.9 Å². The SMILES string of the molecule is CC(C)C(C(=O)N1CCC(C(C)(C)C)CC1)C(N)=NO. The van der Waals surface area contributed by atoms with Crippen molar-refractivity contribution in [1.29, 1.82) is 0 Å². The number of rotatable bonds is 3. The molecule has 1 fully saturated rings. The van der Waals surface area contributed by atoms with Crippen LogP contribution in [0.1, 0.15) is 47.5 Å². The lowest BCUT2D eigenvalue weighted by Crippen LogP contribution is -2.48. The zero-order valence-electron chi connectivity index (χ0n) is 13.4. The highest BCUT2D eigenvalue weighted by Crippen LogP contribution is 2.34. The Balaban J connectivity index is 2.70. The van der Waals surface area contributed by atoms with Crippen LogP contribution in [0.4, 0.5) is 0 Å². The van der Waals surface area contributed by atoms with Gasteiger partial charge in [-0.05, 0) is 30.1 Å². The van der Waals surface area contributed by atoms with Gasteiger partial charge in [-0.2, -0.15) is 0 Å². The largest absolute Gasteiger partial charge is 0.409 e. The average molecular weight is 283 g/mol. The fraction of sp³-hybridized carbons (Fsp3) is 0.867. The van der Waals surface area contributed by atoms with Gasteiger partial charge in [0.05, 0.1) is 0 Å². The smallest absolute Gasteiger partial charge is 0.233 e. The van der Waals surface area contributed by atoms with Crippen LogP contribution < -0.4 is 5.73 Å². The molecule has 0 aromatic carbocycles. The monoisotopic (exact) mass is 283 g/mol. The highest BCUT2D eigenvalue weighted by molar-refractivity contribution is 6.02. The number of carbonyl (C=O) groups is 1. The minimum atomic E-state index is -0.522. The lowest BCUT2D eigenvalue weighted by Gasteiger charge is -2.40. The summed E-state index contributed by atoms with van der Waals surface area (Å²) >= 11 is 0. The molecule has 1 aliphatic heterocycles. The zero-order chi connectivity index (χ0) is 15.5. The number of nitrogens with zero attached hydrogens (tertiary/aromatic N) is 2. The molecule has 0 saturated carbocycles. The third-order valence-corrected chi connectivity index (χ3v) is 4.40. The van der Waals surface area contributed by atoms with Gasteiger partial charge in [-0.15, -0.1) is 0 Å². The summed E-state index contributed by atoms with van der Waals surface area (Å²) in [6.45, 7) is 12.1. The molecule has 1 unspecified atom stereocenters. The zero-order valence-corrected chi connectivity index (χ0v) is 13.4. The van der Waals surface area contributed by atoms with E-state index in [0.717, 1.165) is 25.9 Å². The van der Waals surface area contributed by atoms with Gasteiger partial charge in [-0.25, -0.2) is 0 Å². The van der Waals surface area contributed by atoms with Crippen molar-refractivity contribution >= 4 is 11.7 Å². The molecule has 0 bridgehead atoms. The van der Waals surface area contributed by atoms with Gasteiger partial charge in [0, 0.05) is 13.1 Å². The fourth-order valence-corrected chi connectivity index (χ4v) is 2.98. The summed E-state index contributed by atoms with van der Waals surface area (Å²) in [5.41, 5.74) is 5.96. The maximum Gasteiger partial charge on any atom is 0.233 e. The van der Waals surface area contributed by atoms with Gasteiger partial charge in [0.25, 0.3) is 0 Å². The van der Waals surface area contributed by atoms with Gasteiger partial charge in [0.15, 0.2) is 5.84 Å². The predicted octanol–water partition coefficient (Wildman–Crippen LogP) is 2.29. The minimum absolute atomic E-state index is 0.0114. The molecule has 1 rings (SSSR count). The van der Waals surface area contributed by atoms with E-state index in [2.05, 4.69) is 25.9 Å². The molecule has 116 valence electrons. The molecule has 5 nitrogen and oxygen atoms in total. The topological polar surface area (TPSA) is 78.9 Å². The average Bonchev–Trinajstić information content (AvgIpc) is 2.37. The number of amides is 1. The number of amidine groups is 1. The van der Waals surface area contributed by atoms with Crippen molar-refractivity contribution in [3.8, 4) is 0 Å². The summed E-state index contributed by atoms with van der Waals surface area (Å²) in [5, 5.41) is 11.9. The molecule has 1 atom stereocenters. The fourth-order valence-electron chi connectivity index (χ4n) is 2.98. The van der Waals surface area contributed by atoms with Crippen molar-refractivity contribution in [1.82, 2.24) is 4.90 Å². The van der Waals surface area contributed by atoms with Crippen LogP contribution in [0.15, 0.2) is 5.16 Å². The Kier molecular flexibility index (Phi) is 5.42. The van der Waals surface area contributed by atoms with E-state index < -0.39 is 5.92 Å². The van der Waals surface area contributed by atoms with Gasteiger partial charge in [-0.1, -0.05) is 39.8 Å². The minimum Gasteiger partial charge on any atom is -0.409 e. The molecular weight excluding hydrogens is 254 g/mol.